The van der Waals surface area contributed by atoms with Gasteiger partial charge < -0.3 is 4.74 Å². The molecule has 3 aromatic rings. The van der Waals surface area contributed by atoms with Crippen LogP contribution in [-0.4, -0.2) is 15.1 Å². The molecule has 0 saturated heterocycles. The fourth-order valence-electron chi connectivity index (χ4n) is 4.14. The number of benzene rings is 2. The summed E-state index contributed by atoms with van der Waals surface area (Å²) < 4.78 is 5.66. The number of nitriles is 1. The second-order valence-corrected chi connectivity index (χ2v) is 8.11. The lowest BCUT2D eigenvalue weighted by atomic mass is 9.75. The Morgan fingerprint density at radius 3 is 2.40 bits per heavy atom. The van der Waals surface area contributed by atoms with Gasteiger partial charge in [0.25, 0.3) is 0 Å². The van der Waals surface area contributed by atoms with Gasteiger partial charge in [-0.05, 0) is 23.1 Å². The van der Waals surface area contributed by atoms with Crippen molar-refractivity contribution in [3.63, 3.8) is 0 Å². The van der Waals surface area contributed by atoms with Crippen LogP contribution >= 0.6 is 11.6 Å². The molecule has 0 spiro atoms. The number of hydrogen-bond donors (Lipinski definition) is 1. The number of nitrogens with one attached hydrogen (secondary N) is 1. The number of rotatable bonds is 3. The van der Waals surface area contributed by atoms with Crippen molar-refractivity contribution in [2.75, 3.05) is 0 Å². The van der Waals surface area contributed by atoms with Crippen molar-refractivity contribution in [2.45, 2.75) is 17.2 Å². The van der Waals surface area contributed by atoms with E-state index in [2.05, 4.69) is 34.5 Å². The summed E-state index contributed by atoms with van der Waals surface area (Å²) in [4.78, 5) is -0.800. The molecule has 1 aliphatic heterocycles. The van der Waals surface area contributed by atoms with Crippen molar-refractivity contribution in [1.82, 2.24) is 10.2 Å². The molecule has 0 fully saturated rings. The minimum absolute atomic E-state index is 0.383. The largest absolute Gasteiger partial charge is 0.444 e. The van der Waals surface area contributed by atoms with Crippen molar-refractivity contribution in [1.29, 1.82) is 5.26 Å². The molecule has 0 amide bonds. The lowest BCUT2D eigenvalue weighted by molar-refractivity contribution is 0.418. The van der Waals surface area contributed by atoms with Gasteiger partial charge in [-0.25, -0.2) is 0 Å². The van der Waals surface area contributed by atoms with Crippen LogP contribution in [0.15, 0.2) is 90.7 Å². The maximum absolute atomic E-state index is 9.83. The maximum Gasteiger partial charge on any atom is 0.242 e. The number of aromatic nitrogens is 2. The molecule has 2 aromatic carbocycles. The number of ether oxygens (including phenoxy) is 1. The molecule has 1 N–H and O–H groups in total. The molecule has 0 radical (unpaired) electrons. The first-order valence-electron chi connectivity index (χ1n) is 9.74. The zero-order valence-electron chi connectivity index (χ0n) is 16.0. The fraction of sp³-hybridized carbons (Fsp3) is 0.120. The summed E-state index contributed by atoms with van der Waals surface area (Å²) in [6.07, 6.45) is 8.23. The van der Waals surface area contributed by atoms with E-state index in [-0.39, 0.29) is 5.92 Å². The number of allylic oxidation sites excluding steroid dienone is 5. The molecule has 0 saturated carbocycles. The van der Waals surface area contributed by atoms with E-state index in [1.807, 2.05) is 60.7 Å². The minimum atomic E-state index is -0.800. The molecule has 2 heterocycles. The van der Waals surface area contributed by atoms with Crippen molar-refractivity contribution in [2.24, 2.45) is 0 Å². The van der Waals surface area contributed by atoms with Gasteiger partial charge in [-0.15, -0.1) is 16.7 Å². The van der Waals surface area contributed by atoms with Gasteiger partial charge in [0.1, 0.15) is 6.26 Å². The third-order valence-corrected chi connectivity index (χ3v) is 6.12. The van der Waals surface area contributed by atoms with Crippen LogP contribution in [0.3, 0.4) is 0 Å². The topological polar surface area (TPSA) is 61.7 Å². The van der Waals surface area contributed by atoms with Gasteiger partial charge in [0, 0.05) is 0 Å². The van der Waals surface area contributed by atoms with Crippen molar-refractivity contribution in [3.05, 3.63) is 102 Å². The highest BCUT2D eigenvalue weighted by atomic mass is 35.5. The lowest BCUT2D eigenvalue weighted by Crippen LogP contribution is -2.32. The van der Waals surface area contributed by atoms with Gasteiger partial charge in [-0.2, -0.15) is 5.26 Å². The summed E-state index contributed by atoms with van der Waals surface area (Å²) in [5.41, 5.74) is 5.36. The molecular weight excluding hydrogens is 394 g/mol. The zero-order valence-corrected chi connectivity index (χ0v) is 16.8. The monoisotopic (exact) mass is 411 g/mol. The molecule has 2 aliphatic rings. The Morgan fingerprint density at radius 2 is 1.77 bits per heavy atom. The van der Waals surface area contributed by atoms with Crippen LogP contribution in [0.4, 0.5) is 0 Å². The van der Waals surface area contributed by atoms with E-state index in [0.29, 0.717) is 17.9 Å². The first-order valence-corrected chi connectivity index (χ1v) is 10.1. The van der Waals surface area contributed by atoms with E-state index in [0.717, 1.165) is 28.0 Å². The molecule has 146 valence electrons. The fourth-order valence-corrected chi connectivity index (χ4v) is 4.51. The molecule has 1 aliphatic carbocycles. The van der Waals surface area contributed by atoms with Gasteiger partial charge in [0.2, 0.25) is 5.88 Å². The number of H-pyrrole nitrogens is 1. The third-order valence-electron chi connectivity index (χ3n) is 5.62. The van der Waals surface area contributed by atoms with Crippen LogP contribution in [0.2, 0.25) is 0 Å². The van der Waals surface area contributed by atoms with E-state index < -0.39 is 4.87 Å². The van der Waals surface area contributed by atoms with Crippen LogP contribution in [-0.2, 0) is 0 Å². The Kier molecular flexibility index (Phi) is 4.54. The van der Waals surface area contributed by atoms with Gasteiger partial charge in [-0.1, -0.05) is 78.9 Å². The van der Waals surface area contributed by atoms with Gasteiger partial charge >= 0.3 is 0 Å². The van der Waals surface area contributed by atoms with Gasteiger partial charge in [0.15, 0.2) is 0 Å². The number of alkyl halides is 1. The predicted molar refractivity (Wildman–Crippen MR) is 118 cm³/mol. The number of hydrogen-bond acceptors (Lipinski definition) is 3. The van der Waals surface area contributed by atoms with Crippen molar-refractivity contribution >= 4 is 17.2 Å². The van der Waals surface area contributed by atoms with Crippen molar-refractivity contribution < 1.29 is 4.74 Å². The minimum Gasteiger partial charge on any atom is -0.444 e. The number of aromatic amines is 1. The Morgan fingerprint density at radius 1 is 1.07 bits per heavy atom. The lowest BCUT2D eigenvalue weighted by Gasteiger charge is -2.35. The average Bonchev–Trinajstić information content (AvgIpc) is 3.24. The van der Waals surface area contributed by atoms with Crippen LogP contribution in [0.5, 0.6) is 5.88 Å². The Balaban J connectivity index is 1.58. The summed E-state index contributed by atoms with van der Waals surface area (Å²) in [7, 11) is 0. The number of halogens is 1. The number of fused-ring (bicyclic) bond motifs is 1. The van der Waals surface area contributed by atoms with Gasteiger partial charge in [0.05, 0.1) is 33.7 Å². The van der Waals surface area contributed by atoms with Crippen LogP contribution in [0.25, 0.3) is 16.8 Å². The molecule has 2 unspecified atom stereocenters. The highest BCUT2D eigenvalue weighted by Crippen LogP contribution is 2.52. The maximum atomic E-state index is 9.83. The summed E-state index contributed by atoms with van der Waals surface area (Å²) in [6, 6.07) is 22.4. The Bertz CT molecular complexity index is 1220. The second kappa shape index (κ2) is 7.37. The first kappa shape index (κ1) is 18.5. The molecule has 5 heteroatoms. The van der Waals surface area contributed by atoms with E-state index >= 15 is 0 Å². The second-order valence-electron chi connectivity index (χ2n) is 7.41. The smallest absolute Gasteiger partial charge is 0.242 e. The van der Waals surface area contributed by atoms with Crippen LogP contribution in [0, 0.1) is 11.3 Å². The molecular formula is C25H18ClN3O. The summed E-state index contributed by atoms with van der Waals surface area (Å²) in [5.74, 6) is 0.0795. The summed E-state index contributed by atoms with van der Waals surface area (Å²) in [5, 5.41) is 17.3. The molecule has 4 nitrogen and oxygen atoms in total. The van der Waals surface area contributed by atoms with Gasteiger partial charge in [-0.3, -0.25) is 5.10 Å². The third kappa shape index (κ3) is 3.04. The average molecular weight is 412 g/mol. The molecule has 30 heavy (non-hydrogen) atoms. The van der Waals surface area contributed by atoms with Crippen LogP contribution < -0.4 is 4.74 Å². The quantitative estimate of drug-likeness (QED) is 0.539. The van der Waals surface area contributed by atoms with E-state index in [1.165, 1.54) is 6.26 Å². The highest BCUT2D eigenvalue weighted by Gasteiger charge is 2.45. The molecule has 0 bridgehead atoms. The van der Waals surface area contributed by atoms with E-state index in [4.69, 9.17) is 16.3 Å². The standard InChI is InChI=1S/C25H18ClN3O/c26-25(13-11-18(12-14-25)17-7-3-1-4-8-17)22-20(15-27)16-30-24-21(22)23(28-29-24)19-9-5-2-6-10-19/h1-13,16,22H,14H2,(H,28,29). The number of nitrogens with zero attached hydrogens (tertiary/aromatic N) is 2. The molecule has 5 rings (SSSR count). The molecule has 1 aromatic heterocycles. The summed E-state index contributed by atoms with van der Waals surface area (Å²) in [6.45, 7) is 0. The summed E-state index contributed by atoms with van der Waals surface area (Å²) >= 11 is 7.20. The molecule has 2 atom stereocenters. The normalized spacial score (nSPS) is 22.3. The van der Waals surface area contributed by atoms with E-state index in [9.17, 15) is 5.26 Å². The van der Waals surface area contributed by atoms with Crippen LogP contribution in [0.1, 0.15) is 23.5 Å². The Labute approximate surface area is 179 Å². The predicted octanol–water partition coefficient (Wildman–Crippen LogP) is 5.98. The van der Waals surface area contributed by atoms with E-state index in [1.54, 1.807) is 0 Å². The Hall–Kier alpha value is -3.55. The highest BCUT2D eigenvalue weighted by molar-refractivity contribution is 6.27. The zero-order chi connectivity index (χ0) is 20.6. The SMILES string of the molecule is N#CC1=COc2n[nH]c(-c3ccccc3)c2C1C1(Cl)C=CC(c2ccccc2)=CC1. The van der Waals surface area contributed by atoms with Crippen molar-refractivity contribution in [3.8, 4) is 23.2 Å². The first-order chi connectivity index (χ1) is 14.7.